The van der Waals surface area contributed by atoms with Crippen LogP contribution in [0.25, 0.3) is 0 Å². The molecular formula is C15H21N3O2. The molecule has 1 unspecified atom stereocenters. The third-order valence-corrected chi connectivity index (χ3v) is 3.80. The number of anilines is 2. The van der Waals surface area contributed by atoms with Crippen molar-refractivity contribution in [1.82, 2.24) is 5.32 Å². The van der Waals surface area contributed by atoms with Gasteiger partial charge in [0.1, 0.15) is 12.1 Å². The summed E-state index contributed by atoms with van der Waals surface area (Å²) in [6.07, 6.45) is 0.571. The van der Waals surface area contributed by atoms with Gasteiger partial charge < -0.3 is 15.1 Å². The molecule has 5 nitrogen and oxygen atoms in total. The van der Waals surface area contributed by atoms with Crippen molar-refractivity contribution in [2.45, 2.75) is 25.8 Å². The molecule has 1 aliphatic heterocycles. The van der Waals surface area contributed by atoms with Gasteiger partial charge in [-0.1, -0.05) is 13.0 Å². The molecule has 0 spiro atoms. The average Bonchev–Trinajstić information content (AvgIpc) is 2.43. The molecule has 1 aliphatic rings. The maximum atomic E-state index is 12.6. The van der Waals surface area contributed by atoms with Crippen LogP contribution >= 0.6 is 0 Å². The maximum absolute atomic E-state index is 12.6. The number of carbonyl (C=O) groups excluding carboxylic acids is 2. The Hall–Kier alpha value is -2.04. The summed E-state index contributed by atoms with van der Waals surface area (Å²) >= 11 is 0. The highest BCUT2D eigenvalue weighted by Crippen LogP contribution is 2.26. The number of nitrogens with one attached hydrogen (secondary N) is 1. The van der Waals surface area contributed by atoms with Gasteiger partial charge in [0.2, 0.25) is 5.91 Å². The van der Waals surface area contributed by atoms with E-state index in [-0.39, 0.29) is 18.4 Å². The molecule has 1 fully saturated rings. The minimum absolute atomic E-state index is 0.0597. The Morgan fingerprint density at radius 3 is 2.65 bits per heavy atom. The zero-order valence-electron chi connectivity index (χ0n) is 12.4. The molecule has 1 saturated heterocycles. The van der Waals surface area contributed by atoms with E-state index in [0.29, 0.717) is 6.42 Å². The molecule has 2 rings (SSSR count). The van der Waals surface area contributed by atoms with E-state index >= 15 is 0 Å². The van der Waals surface area contributed by atoms with Crippen molar-refractivity contribution in [2.75, 3.05) is 30.4 Å². The van der Waals surface area contributed by atoms with Crippen LogP contribution in [0.15, 0.2) is 24.3 Å². The van der Waals surface area contributed by atoms with Crippen LogP contribution in [-0.4, -0.2) is 38.0 Å². The molecule has 1 atom stereocenters. The van der Waals surface area contributed by atoms with E-state index in [1.807, 2.05) is 50.2 Å². The number of piperazine rings is 1. The normalized spacial score (nSPS) is 22.7. The second-order valence-electron chi connectivity index (χ2n) is 5.54. The Kier molecular flexibility index (Phi) is 3.70. The van der Waals surface area contributed by atoms with Crippen molar-refractivity contribution in [3.05, 3.63) is 24.3 Å². The quantitative estimate of drug-likeness (QED) is 0.907. The molecule has 2 amide bonds. The van der Waals surface area contributed by atoms with E-state index in [4.69, 9.17) is 0 Å². The highest BCUT2D eigenvalue weighted by Gasteiger charge is 2.42. The van der Waals surface area contributed by atoms with Crippen LogP contribution in [0.3, 0.4) is 0 Å². The van der Waals surface area contributed by atoms with Gasteiger partial charge in [-0.05, 0) is 31.5 Å². The van der Waals surface area contributed by atoms with E-state index in [2.05, 4.69) is 5.32 Å². The molecule has 108 valence electrons. The molecule has 0 radical (unpaired) electrons. The Morgan fingerprint density at radius 1 is 1.35 bits per heavy atom. The lowest BCUT2D eigenvalue weighted by molar-refractivity contribution is -0.135. The molecule has 1 N–H and O–H groups in total. The van der Waals surface area contributed by atoms with Crippen LogP contribution in [0, 0.1) is 0 Å². The summed E-state index contributed by atoms with van der Waals surface area (Å²) in [6.45, 7) is 3.75. The molecule has 5 heteroatoms. The summed E-state index contributed by atoms with van der Waals surface area (Å²) in [7, 11) is 3.89. The van der Waals surface area contributed by atoms with Crippen molar-refractivity contribution in [3.63, 3.8) is 0 Å². The Labute approximate surface area is 119 Å². The number of rotatable bonds is 3. The fraction of sp³-hybridized carbons (Fsp3) is 0.467. The lowest BCUT2D eigenvalue weighted by Gasteiger charge is -2.39. The number of hydrogen-bond acceptors (Lipinski definition) is 3. The molecule has 0 bridgehead atoms. The van der Waals surface area contributed by atoms with Gasteiger partial charge in [0.15, 0.2) is 0 Å². The van der Waals surface area contributed by atoms with Gasteiger partial charge in [0.05, 0.1) is 0 Å². The minimum atomic E-state index is -0.816. The first-order valence-electron chi connectivity index (χ1n) is 6.78. The van der Waals surface area contributed by atoms with Crippen molar-refractivity contribution < 1.29 is 9.59 Å². The fourth-order valence-electron chi connectivity index (χ4n) is 2.30. The summed E-state index contributed by atoms with van der Waals surface area (Å²) in [5, 5.41) is 2.79. The number of amides is 2. The van der Waals surface area contributed by atoms with E-state index in [1.165, 1.54) is 0 Å². The molecule has 0 saturated carbocycles. The molecule has 1 aromatic carbocycles. The van der Waals surface area contributed by atoms with Crippen LogP contribution in [0.5, 0.6) is 0 Å². The Balaban J connectivity index is 2.38. The van der Waals surface area contributed by atoms with Crippen LogP contribution in [0.2, 0.25) is 0 Å². The standard InChI is InChI=1S/C15H21N3O2/c1-5-15(2)14(20)18(10-13(19)16-15)12-8-6-7-11(9-12)17(3)4/h6-9H,5,10H2,1-4H3,(H,16,19). The topological polar surface area (TPSA) is 52.7 Å². The van der Waals surface area contributed by atoms with E-state index in [0.717, 1.165) is 11.4 Å². The lowest BCUT2D eigenvalue weighted by atomic mass is 9.94. The smallest absolute Gasteiger partial charge is 0.252 e. The predicted octanol–water partition coefficient (Wildman–Crippen LogP) is 1.38. The van der Waals surface area contributed by atoms with Crippen LogP contribution in [0.1, 0.15) is 20.3 Å². The lowest BCUT2D eigenvalue weighted by Crippen LogP contribution is -2.65. The summed E-state index contributed by atoms with van der Waals surface area (Å²) in [5.74, 6) is -0.181. The predicted molar refractivity (Wildman–Crippen MR) is 80.0 cm³/mol. The molecule has 0 aromatic heterocycles. The third-order valence-electron chi connectivity index (χ3n) is 3.80. The third kappa shape index (κ3) is 2.48. The summed E-state index contributed by atoms with van der Waals surface area (Å²) in [5.41, 5.74) is 0.943. The van der Waals surface area contributed by atoms with Gasteiger partial charge in [-0.25, -0.2) is 0 Å². The summed E-state index contributed by atoms with van der Waals surface area (Å²) in [6, 6.07) is 7.65. The number of hydrogen-bond donors (Lipinski definition) is 1. The Bertz CT molecular complexity index is 542. The van der Waals surface area contributed by atoms with Crippen molar-refractivity contribution in [3.8, 4) is 0 Å². The zero-order valence-corrected chi connectivity index (χ0v) is 12.4. The van der Waals surface area contributed by atoms with Gasteiger partial charge in [-0.2, -0.15) is 0 Å². The van der Waals surface area contributed by atoms with Gasteiger partial charge >= 0.3 is 0 Å². The Morgan fingerprint density at radius 2 is 2.05 bits per heavy atom. The molecule has 1 heterocycles. The highest BCUT2D eigenvalue weighted by molar-refractivity contribution is 6.09. The average molecular weight is 275 g/mol. The first-order chi connectivity index (χ1) is 9.37. The van der Waals surface area contributed by atoms with Gasteiger partial charge in [-0.3, -0.25) is 9.59 Å². The largest absolute Gasteiger partial charge is 0.378 e. The van der Waals surface area contributed by atoms with E-state index in [1.54, 1.807) is 11.8 Å². The van der Waals surface area contributed by atoms with Crippen molar-refractivity contribution in [1.29, 1.82) is 0 Å². The van der Waals surface area contributed by atoms with Crippen molar-refractivity contribution in [2.24, 2.45) is 0 Å². The molecule has 1 aromatic rings. The highest BCUT2D eigenvalue weighted by atomic mass is 16.2. The SMILES string of the molecule is CCC1(C)NC(=O)CN(c2cccc(N(C)C)c2)C1=O. The summed E-state index contributed by atoms with van der Waals surface area (Å²) < 4.78 is 0. The molecule has 0 aliphatic carbocycles. The van der Waals surface area contributed by atoms with Crippen LogP contribution < -0.4 is 15.1 Å². The summed E-state index contributed by atoms with van der Waals surface area (Å²) in [4.78, 5) is 28.0. The minimum Gasteiger partial charge on any atom is -0.378 e. The van der Waals surface area contributed by atoms with Gasteiger partial charge in [0, 0.05) is 25.5 Å². The molecular weight excluding hydrogens is 254 g/mol. The monoisotopic (exact) mass is 275 g/mol. The van der Waals surface area contributed by atoms with E-state index in [9.17, 15) is 9.59 Å². The first-order valence-corrected chi connectivity index (χ1v) is 6.78. The molecule has 20 heavy (non-hydrogen) atoms. The van der Waals surface area contributed by atoms with Gasteiger partial charge in [-0.15, -0.1) is 0 Å². The number of nitrogens with zero attached hydrogens (tertiary/aromatic N) is 2. The first kappa shape index (κ1) is 14.4. The van der Waals surface area contributed by atoms with E-state index < -0.39 is 5.54 Å². The maximum Gasteiger partial charge on any atom is 0.252 e. The van der Waals surface area contributed by atoms with Crippen LogP contribution in [-0.2, 0) is 9.59 Å². The van der Waals surface area contributed by atoms with Crippen LogP contribution in [0.4, 0.5) is 11.4 Å². The number of carbonyl (C=O) groups is 2. The fourth-order valence-corrected chi connectivity index (χ4v) is 2.30. The number of benzene rings is 1. The second-order valence-corrected chi connectivity index (χ2v) is 5.54. The zero-order chi connectivity index (χ0) is 14.9. The second kappa shape index (κ2) is 5.15. The van der Waals surface area contributed by atoms with Crippen molar-refractivity contribution >= 4 is 23.2 Å². The van der Waals surface area contributed by atoms with Gasteiger partial charge in [0.25, 0.3) is 5.91 Å².